The Balaban J connectivity index is 1.96. The molecule has 1 aromatic heterocycles. The lowest BCUT2D eigenvalue weighted by molar-refractivity contribution is 0.0523. The average Bonchev–Trinajstić information content (AvgIpc) is 3.34. The predicted octanol–water partition coefficient (Wildman–Crippen LogP) is 6.70. The minimum atomic E-state index is -0.820. The number of methoxy groups -OCH3 is 1. The molecule has 0 fully saturated rings. The van der Waals surface area contributed by atoms with Gasteiger partial charge in [0.15, 0.2) is 0 Å². The number of carbonyl (C=O) groups is 1. The Morgan fingerprint density at radius 1 is 0.865 bits per heavy atom. The highest BCUT2D eigenvalue weighted by molar-refractivity contribution is 6.03. The van der Waals surface area contributed by atoms with Crippen molar-refractivity contribution >= 4 is 22.9 Å². The van der Waals surface area contributed by atoms with Gasteiger partial charge in [-0.15, -0.1) is 0 Å². The van der Waals surface area contributed by atoms with E-state index in [1.807, 2.05) is 65.3 Å². The van der Waals surface area contributed by atoms with Crippen LogP contribution in [0.5, 0.6) is 5.75 Å². The highest BCUT2D eigenvalue weighted by atomic mass is 16.5. The van der Waals surface area contributed by atoms with Crippen molar-refractivity contribution in [3.05, 3.63) is 138 Å². The molecule has 37 heavy (non-hydrogen) atoms. The summed E-state index contributed by atoms with van der Waals surface area (Å²) in [6, 6.07) is 34.6. The Hall–Kier alpha value is -4.64. The summed E-state index contributed by atoms with van der Waals surface area (Å²) >= 11 is 0. The van der Waals surface area contributed by atoms with Crippen molar-refractivity contribution < 1.29 is 14.3 Å². The molecule has 0 saturated heterocycles. The Labute approximate surface area is 216 Å². The predicted molar refractivity (Wildman–Crippen MR) is 147 cm³/mol. The summed E-state index contributed by atoms with van der Waals surface area (Å²) in [5, 5.41) is 5.83. The molecule has 4 aromatic carbocycles. The summed E-state index contributed by atoms with van der Waals surface area (Å²) in [5.41, 5.74) is 4.08. The van der Waals surface area contributed by atoms with Crippen LogP contribution in [-0.4, -0.2) is 29.5 Å². The first-order valence-electron chi connectivity index (χ1n) is 12.2. The van der Waals surface area contributed by atoms with Crippen molar-refractivity contribution in [2.75, 3.05) is 13.7 Å². The van der Waals surface area contributed by atoms with Gasteiger partial charge in [0.1, 0.15) is 16.9 Å². The molecule has 0 radical (unpaired) electrons. The highest BCUT2D eigenvalue weighted by Crippen LogP contribution is 2.44. The Kier molecular flexibility index (Phi) is 6.60. The zero-order chi connectivity index (χ0) is 25.8. The van der Waals surface area contributed by atoms with Crippen LogP contribution in [0.25, 0.3) is 17.0 Å². The molecule has 0 aliphatic rings. The number of hydrogen-bond donors (Lipinski definition) is 0. The summed E-state index contributed by atoms with van der Waals surface area (Å²) in [6.07, 6.45) is 1.70. The van der Waals surface area contributed by atoms with Crippen LogP contribution in [0.2, 0.25) is 0 Å². The topological polar surface area (TPSA) is 53.4 Å². The molecule has 5 nitrogen and oxygen atoms in total. The van der Waals surface area contributed by atoms with Crippen LogP contribution in [0.1, 0.15) is 39.7 Å². The monoisotopic (exact) mass is 488 g/mol. The second-order valence-corrected chi connectivity index (χ2v) is 8.57. The minimum Gasteiger partial charge on any atom is -0.495 e. The molecule has 0 unspecified atom stereocenters. The third kappa shape index (κ3) is 3.89. The summed E-state index contributed by atoms with van der Waals surface area (Å²) < 4.78 is 13.1. The highest BCUT2D eigenvalue weighted by Gasteiger charge is 2.41. The lowest BCUT2D eigenvalue weighted by Gasteiger charge is -2.37. The fourth-order valence-corrected chi connectivity index (χ4v) is 5.09. The number of carbonyl (C=O) groups excluding carboxylic acids is 1. The molecule has 0 amide bonds. The third-order valence-electron chi connectivity index (χ3n) is 6.61. The smallest absolute Gasteiger partial charge is 0.341 e. The third-order valence-corrected chi connectivity index (χ3v) is 6.61. The summed E-state index contributed by atoms with van der Waals surface area (Å²) in [4.78, 5) is 12.8. The van der Waals surface area contributed by atoms with Gasteiger partial charge in [0.05, 0.1) is 30.3 Å². The van der Waals surface area contributed by atoms with E-state index in [0.29, 0.717) is 22.4 Å². The van der Waals surface area contributed by atoms with Crippen LogP contribution in [0.3, 0.4) is 0 Å². The van der Waals surface area contributed by atoms with Gasteiger partial charge in [0.25, 0.3) is 0 Å². The van der Waals surface area contributed by atoms with E-state index in [4.69, 9.17) is 14.6 Å². The maximum absolute atomic E-state index is 12.8. The normalized spacial score (nSPS) is 11.3. The standard InChI is InChI=1S/C32H28N2O3/c1-4-27-29-28(22-21-26(30(29)36-3)31(35)37-5-2)34(33-27)32(23-15-9-6-10-16-23,24-17-11-7-12-18-24)25-19-13-8-14-20-25/h4,6-22H,1,5H2,2-3H3. The molecule has 0 spiro atoms. The van der Waals surface area contributed by atoms with Gasteiger partial charge in [-0.25, -0.2) is 9.48 Å². The van der Waals surface area contributed by atoms with Gasteiger partial charge in [0, 0.05) is 0 Å². The molecule has 0 N–H and O–H groups in total. The second-order valence-electron chi connectivity index (χ2n) is 8.57. The molecule has 0 saturated carbocycles. The zero-order valence-corrected chi connectivity index (χ0v) is 20.9. The van der Waals surface area contributed by atoms with Crippen molar-refractivity contribution in [2.45, 2.75) is 12.5 Å². The van der Waals surface area contributed by atoms with E-state index in [1.54, 1.807) is 26.2 Å². The first-order valence-corrected chi connectivity index (χ1v) is 12.2. The van der Waals surface area contributed by atoms with Crippen molar-refractivity contribution in [3.8, 4) is 5.75 Å². The van der Waals surface area contributed by atoms with Crippen LogP contribution >= 0.6 is 0 Å². The first-order chi connectivity index (χ1) is 18.2. The molecule has 0 aliphatic heterocycles. The zero-order valence-electron chi connectivity index (χ0n) is 20.9. The fourth-order valence-electron chi connectivity index (χ4n) is 5.09. The van der Waals surface area contributed by atoms with Gasteiger partial charge in [-0.1, -0.05) is 97.6 Å². The Bertz CT molecular complexity index is 1440. The van der Waals surface area contributed by atoms with Gasteiger partial charge >= 0.3 is 5.97 Å². The SMILES string of the molecule is C=Cc1nn(C(c2ccccc2)(c2ccccc2)c2ccccc2)c2ccc(C(=O)OCC)c(OC)c12. The quantitative estimate of drug-likeness (QED) is 0.180. The number of esters is 1. The molecular weight excluding hydrogens is 460 g/mol. The number of hydrogen-bond acceptors (Lipinski definition) is 4. The van der Waals surface area contributed by atoms with Crippen molar-refractivity contribution in [1.29, 1.82) is 0 Å². The van der Waals surface area contributed by atoms with Crippen LogP contribution in [0, 0.1) is 0 Å². The molecule has 0 bridgehead atoms. The van der Waals surface area contributed by atoms with Gasteiger partial charge in [-0.3, -0.25) is 0 Å². The van der Waals surface area contributed by atoms with E-state index in [9.17, 15) is 4.79 Å². The maximum Gasteiger partial charge on any atom is 0.341 e. The second kappa shape index (κ2) is 10.2. The van der Waals surface area contributed by atoms with E-state index in [-0.39, 0.29) is 6.61 Å². The molecule has 5 rings (SSSR count). The molecular formula is C32H28N2O3. The molecule has 1 heterocycles. The first kappa shape index (κ1) is 24.1. The number of nitrogens with zero attached hydrogens (tertiary/aromatic N) is 2. The van der Waals surface area contributed by atoms with Gasteiger partial charge in [0.2, 0.25) is 0 Å². The summed E-state index contributed by atoms with van der Waals surface area (Å²) in [6.45, 7) is 6.09. The van der Waals surface area contributed by atoms with Gasteiger partial charge in [-0.2, -0.15) is 5.10 Å². The number of rotatable bonds is 8. The van der Waals surface area contributed by atoms with E-state index < -0.39 is 11.5 Å². The van der Waals surface area contributed by atoms with E-state index in [0.717, 1.165) is 22.2 Å². The lowest BCUT2D eigenvalue weighted by atomic mass is 9.77. The van der Waals surface area contributed by atoms with Crippen LogP contribution in [0.15, 0.2) is 110 Å². The number of aromatic nitrogens is 2. The molecule has 5 heteroatoms. The molecule has 184 valence electrons. The molecule has 0 aliphatic carbocycles. The van der Waals surface area contributed by atoms with Gasteiger partial charge < -0.3 is 9.47 Å². The number of benzene rings is 4. The van der Waals surface area contributed by atoms with Crippen LogP contribution in [-0.2, 0) is 10.3 Å². The van der Waals surface area contributed by atoms with E-state index in [2.05, 4.69) is 43.0 Å². The maximum atomic E-state index is 12.8. The van der Waals surface area contributed by atoms with Gasteiger partial charge in [-0.05, 0) is 41.8 Å². The fraction of sp³-hybridized carbons (Fsp3) is 0.125. The van der Waals surface area contributed by atoms with Crippen molar-refractivity contribution in [2.24, 2.45) is 0 Å². The van der Waals surface area contributed by atoms with Crippen molar-refractivity contribution in [3.63, 3.8) is 0 Å². The molecule has 5 aromatic rings. The largest absolute Gasteiger partial charge is 0.495 e. The average molecular weight is 489 g/mol. The van der Waals surface area contributed by atoms with E-state index in [1.165, 1.54) is 0 Å². The lowest BCUT2D eigenvalue weighted by Crippen LogP contribution is -2.38. The molecule has 0 atom stereocenters. The van der Waals surface area contributed by atoms with E-state index >= 15 is 0 Å². The van der Waals surface area contributed by atoms with Crippen LogP contribution in [0.4, 0.5) is 0 Å². The Morgan fingerprint density at radius 2 is 1.38 bits per heavy atom. The summed E-state index contributed by atoms with van der Waals surface area (Å²) in [7, 11) is 1.56. The van der Waals surface area contributed by atoms with Crippen molar-refractivity contribution in [1.82, 2.24) is 9.78 Å². The number of fused-ring (bicyclic) bond motifs is 1. The summed E-state index contributed by atoms with van der Waals surface area (Å²) in [5.74, 6) is -0.0235. The Morgan fingerprint density at radius 3 is 1.81 bits per heavy atom. The number of ether oxygens (including phenoxy) is 2. The minimum absolute atomic E-state index is 0.271. The van der Waals surface area contributed by atoms with Crippen LogP contribution < -0.4 is 4.74 Å².